The minimum atomic E-state index is 1.13. The van der Waals surface area contributed by atoms with Crippen LogP contribution >= 0.6 is 0 Å². The maximum atomic E-state index is 4.14. The van der Waals surface area contributed by atoms with E-state index >= 15 is 0 Å². The van der Waals surface area contributed by atoms with E-state index in [0.717, 1.165) is 5.69 Å². The third-order valence-electron chi connectivity index (χ3n) is 1.73. The Balaban J connectivity index is 3.25. The van der Waals surface area contributed by atoms with Gasteiger partial charge in [0.05, 0.1) is 0 Å². The van der Waals surface area contributed by atoms with Crippen molar-refractivity contribution in [3.8, 4) is 0 Å². The average Bonchev–Trinajstić information content (AvgIpc) is 1.83. The lowest BCUT2D eigenvalue weighted by molar-refractivity contribution is 1.16. The van der Waals surface area contributed by atoms with Crippen molar-refractivity contribution in [1.29, 1.82) is 0 Å². The number of rotatable bonds is 0. The Labute approximate surface area is 56.5 Å². The summed E-state index contributed by atoms with van der Waals surface area (Å²) in [6.07, 6.45) is 1.84. The van der Waals surface area contributed by atoms with Gasteiger partial charge in [-0.1, -0.05) is 5.46 Å². The minimum Gasteiger partial charge on any atom is -0.261 e. The van der Waals surface area contributed by atoms with Crippen LogP contribution in [0.5, 0.6) is 0 Å². The van der Waals surface area contributed by atoms with Gasteiger partial charge in [-0.15, -0.1) is 0 Å². The van der Waals surface area contributed by atoms with Crippen molar-refractivity contribution in [1.82, 2.24) is 4.98 Å². The Morgan fingerprint density at radius 1 is 1.44 bits per heavy atom. The van der Waals surface area contributed by atoms with Crippen LogP contribution in [0.3, 0.4) is 0 Å². The van der Waals surface area contributed by atoms with Crippen LogP contribution in [-0.4, -0.2) is 12.8 Å². The molecule has 0 unspecified atom stereocenters. The van der Waals surface area contributed by atoms with E-state index in [1.165, 1.54) is 11.0 Å². The zero-order valence-corrected chi connectivity index (χ0v) is 6.10. The molecule has 1 rings (SSSR count). The van der Waals surface area contributed by atoms with E-state index in [1.54, 1.807) is 0 Å². The third-order valence-corrected chi connectivity index (χ3v) is 1.73. The van der Waals surface area contributed by atoms with Crippen LogP contribution < -0.4 is 5.46 Å². The van der Waals surface area contributed by atoms with Crippen LogP contribution in [0.25, 0.3) is 0 Å². The molecule has 0 saturated heterocycles. The Bertz CT molecular complexity index is 200. The standard InChI is InChI=1S/C7H10BN/c1-5-6(2)9-4-3-7(5)8/h3-4H,8H2,1-2H3. The highest BCUT2D eigenvalue weighted by Crippen LogP contribution is 1.95. The lowest BCUT2D eigenvalue weighted by Crippen LogP contribution is -2.08. The summed E-state index contributed by atoms with van der Waals surface area (Å²) in [4.78, 5) is 4.14. The van der Waals surface area contributed by atoms with Gasteiger partial charge >= 0.3 is 0 Å². The number of pyridine rings is 1. The van der Waals surface area contributed by atoms with E-state index in [1.807, 2.05) is 19.2 Å². The molecule has 1 aromatic heterocycles. The number of hydrogen-bond acceptors (Lipinski definition) is 1. The van der Waals surface area contributed by atoms with Gasteiger partial charge in [-0.25, -0.2) is 0 Å². The lowest BCUT2D eigenvalue weighted by Gasteiger charge is -1.99. The van der Waals surface area contributed by atoms with E-state index < -0.39 is 0 Å². The SMILES string of the molecule is Bc1ccnc(C)c1C. The Kier molecular flexibility index (Phi) is 1.56. The van der Waals surface area contributed by atoms with Crippen molar-refractivity contribution in [3.63, 3.8) is 0 Å². The first-order chi connectivity index (χ1) is 4.22. The van der Waals surface area contributed by atoms with E-state index in [9.17, 15) is 0 Å². The molecule has 0 atom stereocenters. The molecule has 0 radical (unpaired) electrons. The molecule has 0 N–H and O–H groups in total. The summed E-state index contributed by atoms with van der Waals surface area (Å²) >= 11 is 0. The van der Waals surface area contributed by atoms with Crippen molar-refractivity contribution in [2.24, 2.45) is 0 Å². The quantitative estimate of drug-likeness (QED) is 0.436. The Morgan fingerprint density at radius 3 is 2.56 bits per heavy atom. The molecule has 46 valence electrons. The van der Waals surface area contributed by atoms with Gasteiger partial charge in [-0.05, 0) is 25.5 Å². The topological polar surface area (TPSA) is 12.9 Å². The molecule has 0 bridgehead atoms. The Morgan fingerprint density at radius 2 is 2.11 bits per heavy atom. The second-order valence-corrected chi connectivity index (χ2v) is 2.34. The highest BCUT2D eigenvalue weighted by Gasteiger charge is 1.93. The number of aromatic nitrogens is 1. The lowest BCUT2D eigenvalue weighted by atomic mass is 9.92. The molecule has 0 aliphatic heterocycles. The van der Waals surface area contributed by atoms with E-state index in [0.29, 0.717) is 0 Å². The summed E-state index contributed by atoms with van der Waals surface area (Å²) in [6, 6.07) is 2.03. The fraction of sp³-hybridized carbons (Fsp3) is 0.286. The maximum absolute atomic E-state index is 4.14. The van der Waals surface area contributed by atoms with Crippen molar-refractivity contribution in [2.45, 2.75) is 13.8 Å². The first-order valence-electron chi connectivity index (χ1n) is 3.10. The maximum Gasteiger partial charge on any atom is 0.139 e. The molecule has 0 saturated carbocycles. The normalized spacial score (nSPS) is 9.56. The predicted molar refractivity (Wildman–Crippen MR) is 41.9 cm³/mol. The van der Waals surface area contributed by atoms with Gasteiger partial charge in [-0.3, -0.25) is 4.98 Å². The molecule has 0 amide bonds. The van der Waals surface area contributed by atoms with Gasteiger partial charge < -0.3 is 0 Å². The van der Waals surface area contributed by atoms with Gasteiger partial charge in [-0.2, -0.15) is 0 Å². The van der Waals surface area contributed by atoms with E-state index in [2.05, 4.69) is 19.8 Å². The van der Waals surface area contributed by atoms with Crippen LogP contribution in [0.1, 0.15) is 11.3 Å². The van der Waals surface area contributed by atoms with Crippen molar-refractivity contribution < 1.29 is 0 Å². The van der Waals surface area contributed by atoms with Gasteiger partial charge in [0.25, 0.3) is 0 Å². The van der Waals surface area contributed by atoms with Gasteiger partial charge in [0, 0.05) is 11.9 Å². The monoisotopic (exact) mass is 119 g/mol. The number of nitrogens with zero attached hydrogens (tertiary/aromatic N) is 1. The molecule has 0 aromatic carbocycles. The second-order valence-electron chi connectivity index (χ2n) is 2.34. The van der Waals surface area contributed by atoms with Gasteiger partial charge in [0.15, 0.2) is 0 Å². The average molecular weight is 119 g/mol. The first-order valence-corrected chi connectivity index (χ1v) is 3.10. The zero-order chi connectivity index (χ0) is 6.85. The van der Waals surface area contributed by atoms with Crippen LogP contribution in [0, 0.1) is 13.8 Å². The first kappa shape index (κ1) is 6.34. The molecule has 1 nitrogen and oxygen atoms in total. The van der Waals surface area contributed by atoms with E-state index in [-0.39, 0.29) is 0 Å². The molecule has 0 aliphatic rings. The predicted octanol–water partition coefficient (Wildman–Crippen LogP) is -0.0432. The van der Waals surface area contributed by atoms with E-state index in [4.69, 9.17) is 0 Å². The third kappa shape index (κ3) is 1.12. The molecule has 2 heteroatoms. The zero-order valence-electron chi connectivity index (χ0n) is 6.10. The van der Waals surface area contributed by atoms with Crippen LogP contribution in [0.2, 0.25) is 0 Å². The number of aryl methyl sites for hydroxylation is 1. The number of hydrogen-bond donors (Lipinski definition) is 0. The molecular weight excluding hydrogens is 109 g/mol. The fourth-order valence-electron chi connectivity index (χ4n) is 0.768. The summed E-state index contributed by atoms with van der Waals surface area (Å²) in [7, 11) is 2.10. The van der Waals surface area contributed by atoms with Gasteiger partial charge in [0.2, 0.25) is 0 Å². The van der Waals surface area contributed by atoms with Crippen LogP contribution in [0.15, 0.2) is 12.3 Å². The minimum absolute atomic E-state index is 1.13. The smallest absolute Gasteiger partial charge is 0.139 e. The molecule has 0 aliphatic carbocycles. The summed E-state index contributed by atoms with van der Waals surface area (Å²) in [5.74, 6) is 0. The fourth-order valence-corrected chi connectivity index (χ4v) is 0.768. The highest BCUT2D eigenvalue weighted by molar-refractivity contribution is 6.33. The van der Waals surface area contributed by atoms with Crippen LogP contribution in [-0.2, 0) is 0 Å². The summed E-state index contributed by atoms with van der Waals surface area (Å²) in [6.45, 7) is 4.12. The van der Waals surface area contributed by atoms with Crippen LogP contribution in [0.4, 0.5) is 0 Å². The Hall–Kier alpha value is -0.785. The van der Waals surface area contributed by atoms with Crippen molar-refractivity contribution in [3.05, 3.63) is 23.5 Å². The highest BCUT2D eigenvalue weighted by atomic mass is 14.7. The molecule has 0 fully saturated rings. The summed E-state index contributed by atoms with van der Waals surface area (Å²) in [5, 5.41) is 0. The molecule has 1 heterocycles. The summed E-state index contributed by atoms with van der Waals surface area (Å²) in [5.41, 5.74) is 3.76. The molecule has 0 spiro atoms. The largest absolute Gasteiger partial charge is 0.261 e. The molecule has 9 heavy (non-hydrogen) atoms. The van der Waals surface area contributed by atoms with Crippen molar-refractivity contribution in [2.75, 3.05) is 0 Å². The molecular formula is C7H10BN. The van der Waals surface area contributed by atoms with Gasteiger partial charge in [0.1, 0.15) is 7.85 Å². The summed E-state index contributed by atoms with van der Waals surface area (Å²) < 4.78 is 0. The molecule has 1 aromatic rings. The second kappa shape index (κ2) is 2.22. The van der Waals surface area contributed by atoms with Crippen molar-refractivity contribution >= 4 is 13.3 Å².